The van der Waals surface area contributed by atoms with Crippen LogP contribution in [0, 0.1) is 0 Å². The maximum Gasteiger partial charge on any atom is 0.220 e. The fraction of sp³-hybridized carbons (Fsp3) is 0.562. The van der Waals surface area contributed by atoms with Crippen LogP contribution in [-0.4, -0.2) is 30.4 Å². The molecule has 1 aromatic rings. The van der Waals surface area contributed by atoms with E-state index >= 15 is 0 Å². The molecule has 1 heterocycles. The first-order chi connectivity index (χ1) is 9.74. The highest BCUT2D eigenvalue weighted by atomic mass is 32.2. The summed E-state index contributed by atoms with van der Waals surface area (Å²) in [6.07, 6.45) is 3.97. The highest BCUT2D eigenvalue weighted by molar-refractivity contribution is 8.00. The molecule has 1 saturated heterocycles. The van der Waals surface area contributed by atoms with Gasteiger partial charge in [0.15, 0.2) is 0 Å². The van der Waals surface area contributed by atoms with Crippen LogP contribution in [0.4, 0.5) is 0 Å². The number of nitrogens with one attached hydrogen (secondary N) is 1. The molecule has 4 heteroatoms. The van der Waals surface area contributed by atoms with Crippen molar-refractivity contribution in [2.45, 2.75) is 48.9 Å². The molecule has 0 saturated carbocycles. The average molecular weight is 293 g/mol. The zero-order valence-corrected chi connectivity index (χ0v) is 12.8. The number of hydrogen-bond donors (Lipinski definition) is 1. The van der Waals surface area contributed by atoms with Gasteiger partial charge in [0.1, 0.15) is 0 Å². The van der Waals surface area contributed by atoms with Crippen LogP contribution < -0.4 is 5.32 Å². The first kappa shape index (κ1) is 15.4. The minimum atomic E-state index is 0.140. The SMILES string of the molecule is C[C@@H](CNC(=O)CC[C@@H]1CCCO1)Sc1ccccc1. The fourth-order valence-electron chi connectivity index (χ4n) is 2.28. The van der Waals surface area contributed by atoms with Crippen molar-refractivity contribution >= 4 is 17.7 Å². The van der Waals surface area contributed by atoms with Gasteiger partial charge in [0, 0.05) is 29.7 Å². The molecule has 2 rings (SSSR count). The molecule has 20 heavy (non-hydrogen) atoms. The summed E-state index contributed by atoms with van der Waals surface area (Å²) in [7, 11) is 0. The van der Waals surface area contributed by atoms with Crippen LogP contribution in [0.15, 0.2) is 35.2 Å². The van der Waals surface area contributed by atoms with Gasteiger partial charge in [-0.3, -0.25) is 4.79 Å². The number of carbonyl (C=O) groups is 1. The number of carbonyl (C=O) groups excluding carboxylic acids is 1. The number of hydrogen-bond acceptors (Lipinski definition) is 3. The van der Waals surface area contributed by atoms with E-state index in [9.17, 15) is 4.79 Å². The third-order valence-electron chi connectivity index (χ3n) is 3.38. The van der Waals surface area contributed by atoms with Crippen LogP contribution in [-0.2, 0) is 9.53 Å². The first-order valence-electron chi connectivity index (χ1n) is 7.34. The summed E-state index contributed by atoms with van der Waals surface area (Å²) < 4.78 is 5.52. The fourth-order valence-corrected chi connectivity index (χ4v) is 3.23. The Hall–Kier alpha value is -1.00. The van der Waals surface area contributed by atoms with Gasteiger partial charge in [0.25, 0.3) is 0 Å². The first-order valence-corrected chi connectivity index (χ1v) is 8.22. The minimum Gasteiger partial charge on any atom is -0.378 e. The summed E-state index contributed by atoms with van der Waals surface area (Å²) >= 11 is 1.79. The third-order valence-corrected chi connectivity index (χ3v) is 4.50. The Morgan fingerprint density at radius 1 is 1.45 bits per heavy atom. The van der Waals surface area contributed by atoms with Crippen LogP contribution >= 0.6 is 11.8 Å². The van der Waals surface area contributed by atoms with Crippen LogP contribution in [0.3, 0.4) is 0 Å². The Balaban J connectivity index is 1.60. The van der Waals surface area contributed by atoms with Gasteiger partial charge < -0.3 is 10.1 Å². The normalized spacial score (nSPS) is 19.8. The van der Waals surface area contributed by atoms with Crippen molar-refractivity contribution in [2.24, 2.45) is 0 Å². The number of ether oxygens (including phenoxy) is 1. The summed E-state index contributed by atoms with van der Waals surface area (Å²) in [5.41, 5.74) is 0. The van der Waals surface area contributed by atoms with Crippen molar-refractivity contribution in [3.8, 4) is 0 Å². The maximum absolute atomic E-state index is 11.8. The molecule has 0 unspecified atom stereocenters. The van der Waals surface area contributed by atoms with Gasteiger partial charge >= 0.3 is 0 Å². The van der Waals surface area contributed by atoms with Gasteiger partial charge in [-0.05, 0) is 31.4 Å². The second-order valence-corrected chi connectivity index (χ2v) is 6.73. The molecular formula is C16H23NO2S. The highest BCUT2D eigenvalue weighted by Gasteiger charge is 2.16. The molecule has 0 spiro atoms. The predicted molar refractivity (Wildman–Crippen MR) is 83.0 cm³/mol. The van der Waals surface area contributed by atoms with E-state index in [0.717, 1.165) is 25.9 Å². The molecule has 1 aliphatic heterocycles. The molecule has 2 atom stereocenters. The van der Waals surface area contributed by atoms with E-state index in [4.69, 9.17) is 4.74 Å². The smallest absolute Gasteiger partial charge is 0.220 e. The Bertz CT molecular complexity index is 404. The summed E-state index contributed by atoms with van der Waals surface area (Å²) in [5, 5.41) is 3.39. The summed E-state index contributed by atoms with van der Waals surface area (Å²) in [4.78, 5) is 13.0. The molecule has 0 bridgehead atoms. The second-order valence-electron chi connectivity index (χ2n) is 5.22. The zero-order chi connectivity index (χ0) is 14.2. The van der Waals surface area contributed by atoms with Crippen molar-refractivity contribution in [1.82, 2.24) is 5.32 Å². The summed E-state index contributed by atoms with van der Waals surface area (Å²) in [6, 6.07) is 10.3. The van der Waals surface area contributed by atoms with Gasteiger partial charge in [-0.25, -0.2) is 0 Å². The Morgan fingerprint density at radius 3 is 2.95 bits per heavy atom. The maximum atomic E-state index is 11.8. The van der Waals surface area contributed by atoms with Crippen molar-refractivity contribution in [3.63, 3.8) is 0 Å². The topological polar surface area (TPSA) is 38.3 Å². The van der Waals surface area contributed by atoms with E-state index in [1.54, 1.807) is 11.8 Å². The van der Waals surface area contributed by atoms with Gasteiger partial charge in [0.05, 0.1) is 6.10 Å². The van der Waals surface area contributed by atoms with Crippen molar-refractivity contribution in [1.29, 1.82) is 0 Å². The quantitative estimate of drug-likeness (QED) is 0.784. The second kappa shape index (κ2) is 8.32. The van der Waals surface area contributed by atoms with Crippen molar-refractivity contribution < 1.29 is 9.53 Å². The van der Waals surface area contributed by atoms with Crippen LogP contribution in [0.2, 0.25) is 0 Å². The molecule has 1 aromatic carbocycles. The average Bonchev–Trinajstić information content (AvgIpc) is 2.97. The van der Waals surface area contributed by atoms with Crippen molar-refractivity contribution in [3.05, 3.63) is 30.3 Å². The van der Waals surface area contributed by atoms with E-state index in [0.29, 0.717) is 24.3 Å². The summed E-state index contributed by atoms with van der Waals surface area (Å²) in [5.74, 6) is 0.140. The van der Waals surface area contributed by atoms with Gasteiger partial charge in [-0.2, -0.15) is 0 Å². The Morgan fingerprint density at radius 2 is 2.25 bits per heavy atom. The number of thioether (sulfide) groups is 1. The molecular weight excluding hydrogens is 270 g/mol. The van der Waals surface area contributed by atoms with E-state index in [-0.39, 0.29) is 5.91 Å². The molecule has 1 aliphatic rings. The van der Waals surface area contributed by atoms with Crippen LogP contribution in [0.25, 0.3) is 0 Å². The lowest BCUT2D eigenvalue weighted by molar-refractivity contribution is -0.121. The van der Waals surface area contributed by atoms with Gasteiger partial charge in [-0.1, -0.05) is 25.1 Å². The van der Waals surface area contributed by atoms with Gasteiger partial charge in [0.2, 0.25) is 5.91 Å². The monoisotopic (exact) mass is 293 g/mol. The van der Waals surface area contributed by atoms with E-state index < -0.39 is 0 Å². The summed E-state index contributed by atoms with van der Waals surface area (Å²) in [6.45, 7) is 3.71. The molecule has 0 aliphatic carbocycles. The molecule has 3 nitrogen and oxygen atoms in total. The third kappa shape index (κ3) is 5.55. The minimum absolute atomic E-state index is 0.140. The molecule has 0 radical (unpaired) electrons. The van der Waals surface area contributed by atoms with E-state index in [2.05, 4.69) is 24.4 Å². The van der Waals surface area contributed by atoms with Crippen LogP contribution in [0.5, 0.6) is 0 Å². The lowest BCUT2D eigenvalue weighted by Gasteiger charge is -2.13. The molecule has 1 N–H and O–H groups in total. The number of rotatable bonds is 7. The highest BCUT2D eigenvalue weighted by Crippen LogP contribution is 2.22. The Labute approximate surface area is 125 Å². The number of benzene rings is 1. The standard InChI is InChI=1S/C16H23NO2S/c1-13(20-15-7-3-2-4-8-15)12-17-16(18)10-9-14-6-5-11-19-14/h2-4,7-8,13-14H,5-6,9-12H2,1H3,(H,17,18)/t13-,14-/m0/s1. The Kier molecular flexibility index (Phi) is 6.40. The molecule has 110 valence electrons. The molecule has 1 amide bonds. The molecule has 1 fully saturated rings. The number of amides is 1. The van der Waals surface area contributed by atoms with Gasteiger partial charge in [-0.15, -0.1) is 11.8 Å². The largest absolute Gasteiger partial charge is 0.378 e. The lowest BCUT2D eigenvalue weighted by atomic mass is 10.1. The molecule has 0 aromatic heterocycles. The van der Waals surface area contributed by atoms with E-state index in [1.165, 1.54) is 4.90 Å². The van der Waals surface area contributed by atoms with Crippen LogP contribution in [0.1, 0.15) is 32.6 Å². The predicted octanol–water partition coefficient (Wildman–Crippen LogP) is 3.24. The van der Waals surface area contributed by atoms with Crippen molar-refractivity contribution in [2.75, 3.05) is 13.2 Å². The zero-order valence-electron chi connectivity index (χ0n) is 12.0. The lowest BCUT2D eigenvalue weighted by Crippen LogP contribution is -2.29. The van der Waals surface area contributed by atoms with E-state index in [1.807, 2.05) is 18.2 Å².